The molecule has 3 aliphatic rings. The second-order valence-electron chi connectivity index (χ2n) is 12.9. The molecule has 1 unspecified atom stereocenters. The molecule has 6 rings (SSSR count). The Bertz CT molecular complexity index is 1850. The molecule has 6 amide bonds. The molecule has 1 atom stereocenters. The number of phenolic OH excluding ortho intramolecular Hbond substituents is 1. The number of aromatic nitrogens is 2. The van der Waals surface area contributed by atoms with Crippen molar-refractivity contribution in [3.8, 4) is 17.0 Å². The Morgan fingerprint density at radius 2 is 1.60 bits per heavy atom. The van der Waals surface area contributed by atoms with E-state index in [1.54, 1.807) is 30.3 Å². The molecule has 260 valence electrons. The Kier molecular flexibility index (Phi) is 10.2. The fraction of sp³-hybridized carbons (Fsp3) is 0.389. The number of hydrogen-bond acceptors (Lipinski definition) is 10. The lowest BCUT2D eigenvalue weighted by Gasteiger charge is -2.32. The van der Waals surface area contributed by atoms with E-state index in [0.717, 1.165) is 36.1 Å². The van der Waals surface area contributed by atoms with Crippen LogP contribution >= 0.6 is 0 Å². The number of benzene rings is 2. The van der Waals surface area contributed by atoms with Crippen molar-refractivity contribution >= 4 is 46.9 Å². The van der Waals surface area contributed by atoms with Gasteiger partial charge in [-0.15, -0.1) is 10.2 Å². The van der Waals surface area contributed by atoms with Gasteiger partial charge in [0.15, 0.2) is 0 Å². The van der Waals surface area contributed by atoms with E-state index >= 15 is 0 Å². The first-order valence-corrected chi connectivity index (χ1v) is 17.0. The lowest BCUT2D eigenvalue weighted by molar-refractivity contribution is -0.136. The number of carbonyl (C=O) groups is 6. The van der Waals surface area contributed by atoms with Gasteiger partial charge in [0.1, 0.15) is 17.6 Å². The summed E-state index contributed by atoms with van der Waals surface area (Å²) in [5, 5.41) is 23.4. The van der Waals surface area contributed by atoms with E-state index < -0.39 is 29.7 Å². The lowest BCUT2D eigenvalue weighted by atomic mass is 9.89. The lowest BCUT2D eigenvalue weighted by Crippen LogP contribution is -2.54. The summed E-state index contributed by atoms with van der Waals surface area (Å²) in [7, 11) is 0. The van der Waals surface area contributed by atoms with Gasteiger partial charge in [0, 0.05) is 43.5 Å². The standard InChI is InChI=1S/C36H39N7O7/c37-33-24(20-26(40-41-33)22-8-5-6-11-28(22)44)21-16-18-42(19-17-21)31(47)13-4-2-1-3-12-29(45)38-25-10-7-9-23-32(25)36(50)43(35(23)49)27-14-15-30(46)39-34(27)48/h5-11,20-21,27,44H,1-4,12-19H2,(H2,37,41)(H,38,45)(H,39,46,48). The summed E-state index contributed by atoms with van der Waals surface area (Å²) in [6, 6.07) is 12.3. The summed E-state index contributed by atoms with van der Waals surface area (Å²) in [6.07, 6.45) is 4.97. The van der Waals surface area contributed by atoms with E-state index in [0.29, 0.717) is 49.4 Å². The number of nitrogens with zero attached hydrogens (tertiary/aromatic N) is 4. The molecule has 0 radical (unpaired) electrons. The molecule has 0 spiro atoms. The number of nitrogens with two attached hydrogens (primary N) is 1. The van der Waals surface area contributed by atoms with Gasteiger partial charge in [-0.25, -0.2) is 0 Å². The van der Waals surface area contributed by atoms with Gasteiger partial charge >= 0.3 is 0 Å². The van der Waals surface area contributed by atoms with Crippen molar-refractivity contribution in [2.45, 2.75) is 76.2 Å². The number of amides is 6. The van der Waals surface area contributed by atoms with E-state index in [-0.39, 0.29) is 59.6 Å². The van der Waals surface area contributed by atoms with Crippen molar-refractivity contribution in [3.05, 3.63) is 65.2 Å². The second kappa shape index (κ2) is 14.8. The molecule has 0 bridgehead atoms. The Morgan fingerprint density at radius 3 is 2.34 bits per heavy atom. The maximum Gasteiger partial charge on any atom is 0.264 e. The molecule has 3 aromatic rings. The highest BCUT2D eigenvalue weighted by Gasteiger charge is 2.45. The number of carbonyl (C=O) groups excluding carboxylic acids is 6. The fourth-order valence-corrected chi connectivity index (χ4v) is 6.91. The molecule has 0 aliphatic carbocycles. The molecule has 50 heavy (non-hydrogen) atoms. The maximum absolute atomic E-state index is 13.2. The van der Waals surface area contributed by atoms with Crippen molar-refractivity contribution in [1.29, 1.82) is 0 Å². The van der Waals surface area contributed by atoms with Gasteiger partial charge in [-0.05, 0) is 68.4 Å². The number of nitrogens with one attached hydrogen (secondary N) is 2. The zero-order valence-electron chi connectivity index (χ0n) is 27.5. The van der Waals surface area contributed by atoms with Crippen LogP contribution in [0.25, 0.3) is 11.3 Å². The quantitative estimate of drug-likeness (QED) is 0.171. The molecule has 2 fully saturated rings. The van der Waals surface area contributed by atoms with Crippen molar-refractivity contribution < 1.29 is 33.9 Å². The fourth-order valence-electron chi connectivity index (χ4n) is 6.91. The van der Waals surface area contributed by atoms with Crippen LogP contribution in [0, 0.1) is 0 Å². The molecule has 14 heteroatoms. The highest BCUT2D eigenvalue weighted by molar-refractivity contribution is 6.26. The predicted molar refractivity (Wildman–Crippen MR) is 182 cm³/mol. The number of unbranched alkanes of at least 4 members (excludes halogenated alkanes) is 3. The number of phenols is 1. The molecular weight excluding hydrogens is 642 g/mol. The van der Waals surface area contributed by atoms with Gasteiger partial charge in [-0.2, -0.15) is 0 Å². The Labute approximate surface area is 288 Å². The van der Waals surface area contributed by atoms with Crippen molar-refractivity contribution in [2.24, 2.45) is 0 Å². The first-order valence-electron chi connectivity index (χ1n) is 17.0. The van der Waals surface area contributed by atoms with E-state index in [1.807, 2.05) is 17.0 Å². The Balaban J connectivity index is 0.916. The number of aromatic hydroxyl groups is 1. The van der Waals surface area contributed by atoms with Gasteiger partial charge in [-0.1, -0.05) is 31.0 Å². The summed E-state index contributed by atoms with van der Waals surface area (Å²) >= 11 is 0. The zero-order chi connectivity index (χ0) is 35.4. The van der Waals surface area contributed by atoms with Crippen LogP contribution in [0.4, 0.5) is 11.5 Å². The molecule has 0 saturated carbocycles. The molecule has 1 aromatic heterocycles. The van der Waals surface area contributed by atoms with E-state index in [9.17, 15) is 33.9 Å². The van der Waals surface area contributed by atoms with Crippen LogP contribution < -0.4 is 16.4 Å². The van der Waals surface area contributed by atoms with E-state index in [1.165, 1.54) is 6.07 Å². The number of piperidine rings is 2. The third-order valence-corrected chi connectivity index (χ3v) is 9.61. The average Bonchev–Trinajstić information content (AvgIpc) is 3.36. The van der Waals surface area contributed by atoms with Gasteiger partial charge in [0.25, 0.3) is 11.8 Å². The summed E-state index contributed by atoms with van der Waals surface area (Å²) in [5.41, 5.74) is 8.53. The zero-order valence-corrected chi connectivity index (χ0v) is 27.5. The van der Waals surface area contributed by atoms with Gasteiger partial charge in [0.05, 0.1) is 22.5 Å². The molecular formula is C36H39N7O7. The third-order valence-electron chi connectivity index (χ3n) is 9.61. The molecule has 2 saturated heterocycles. The summed E-state index contributed by atoms with van der Waals surface area (Å²) in [6.45, 7) is 1.22. The highest BCUT2D eigenvalue weighted by Crippen LogP contribution is 2.35. The number of imide groups is 2. The second-order valence-corrected chi connectivity index (χ2v) is 12.9. The van der Waals surface area contributed by atoms with Gasteiger partial charge in [-0.3, -0.25) is 39.0 Å². The molecule has 14 nitrogen and oxygen atoms in total. The van der Waals surface area contributed by atoms with Crippen LogP contribution in [0.2, 0.25) is 0 Å². The Hall–Kier alpha value is -5.66. The smallest absolute Gasteiger partial charge is 0.264 e. The summed E-state index contributed by atoms with van der Waals surface area (Å²) in [5.74, 6) is -2.07. The van der Waals surface area contributed by atoms with E-state index in [4.69, 9.17) is 5.73 Å². The Morgan fingerprint density at radius 1 is 0.880 bits per heavy atom. The largest absolute Gasteiger partial charge is 0.507 e. The van der Waals surface area contributed by atoms with Crippen LogP contribution in [0.5, 0.6) is 5.75 Å². The van der Waals surface area contributed by atoms with Crippen LogP contribution in [0.15, 0.2) is 48.5 Å². The van der Waals surface area contributed by atoms with E-state index in [2.05, 4.69) is 20.8 Å². The number of rotatable bonds is 11. The van der Waals surface area contributed by atoms with Crippen molar-refractivity contribution in [1.82, 2.24) is 25.3 Å². The van der Waals surface area contributed by atoms with Gasteiger partial charge in [0.2, 0.25) is 23.6 Å². The number of fused-ring (bicyclic) bond motifs is 1. The minimum absolute atomic E-state index is 0.0195. The monoisotopic (exact) mass is 681 g/mol. The first-order chi connectivity index (χ1) is 24.1. The predicted octanol–water partition coefficient (Wildman–Crippen LogP) is 3.52. The van der Waals surface area contributed by atoms with Crippen LogP contribution in [0.3, 0.4) is 0 Å². The molecule has 2 aromatic carbocycles. The number of hydrogen-bond donors (Lipinski definition) is 4. The molecule has 5 N–H and O–H groups in total. The average molecular weight is 682 g/mol. The number of anilines is 2. The summed E-state index contributed by atoms with van der Waals surface area (Å²) in [4.78, 5) is 78.6. The molecule has 4 heterocycles. The maximum atomic E-state index is 13.2. The van der Waals surface area contributed by atoms with Crippen molar-refractivity contribution in [3.63, 3.8) is 0 Å². The first kappa shape index (κ1) is 34.2. The number of para-hydroxylation sites is 1. The number of nitrogen functional groups attached to an aromatic ring is 1. The van der Waals surface area contributed by atoms with Crippen LogP contribution in [-0.4, -0.2) is 79.7 Å². The normalized spacial score (nSPS) is 17.9. The molecule has 3 aliphatic heterocycles. The summed E-state index contributed by atoms with van der Waals surface area (Å²) < 4.78 is 0. The topological polar surface area (TPSA) is 205 Å². The van der Waals surface area contributed by atoms with Gasteiger partial charge < -0.3 is 21.1 Å². The van der Waals surface area contributed by atoms with Crippen LogP contribution in [-0.2, 0) is 19.2 Å². The SMILES string of the molecule is Nc1nnc(-c2ccccc2O)cc1C1CCN(C(=O)CCCCCCC(=O)Nc2cccc3c2C(=O)N(C2CCC(=O)NC2=O)C3=O)CC1. The minimum Gasteiger partial charge on any atom is -0.507 e. The third kappa shape index (κ3) is 7.19. The minimum atomic E-state index is -1.09. The number of likely N-dealkylation sites (tertiary alicyclic amines) is 1. The van der Waals surface area contributed by atoms with Crippen LogP contribution in [0.1, 0.15) is 96.4 Å². The van der Waals surface area contributed by atoms with Crippen molar-refractivity contribution in [2.75, 3.05) is 24.1 Å². The highest BCUT2D eigenvalue weighted by atomic mass is 16.3.